The van der Waals surface area contributed by atoms with Crippen LogP contribution in [-0.2, 0) is 4.74 Å². The van der Waals surface area contributed by atoms with Crippen molar-refractivity contribution in [2.45, 2.75) is 46.6 Å². The highest BCUT2D eigenvalue weighted by molar-refractivity contribution is 5.92. The van der Waals surface area contributed by atoms with Gasteiger partial charge in [0.25, 0.3) is 5.91 Å². The lowest BCUT2D eigenvalue weighted by molar-refractivity contribution is 0.0622. The summed E-state index contributed by atoms with van der Waals surface area (Å²) in [4.78, 5) is 16.2. The highest BCUT2D eigenvalue weighted by atomic mass is 16.5. The summed E-state index contributed by atoms with van der Waals surface area (Å²) < 4.78 is 5.33. The highest BCUT2D eigenvalue weighted by Crippen LogP contribution is 2.08. The molecule has 1 fully saturated rings. The fraction of sp³-hybridized carbons (Fsp3) is 0.600. The molecule has 4 heteroatoms. The van der Waals surface area contributed by atoms with Crippen LogP contribution in [0.5, 0.6) is 0 Å². The van der Waals surface area contributed by atoms with Gasteiger partial charge in [-0.05, 0) is 38.3 Å². The zero-order valence-electron chi connectivity index (χ0n) is 12.3. The van der Waals surface area contributed by atoms with Crippen LogP contribution in [0.4, 0.5) is 0 Å². The van der Waals surface area contributed by atoms with Gasteiger partial charge >= 0.3 is 0 Å². The van der Waals surface area contributed by atoms with Crippen molar-refractivity contribution in [1.29, 1.82) is 0 Å². The maximum atomic E-state index is 11.9. The molecule has 0 aliphatic carbocycles. The Balaban J connectivity index is 0.000000861. The van der Waals surface area contributed by atoms with E-state index in [1.807, 2.05) is 33.8 Å². The number of carbonyl (C=O) groups excluding carboxylic acids is 1. The van der Waals surface area contributed by atoms with Crippen LogP contribution in [-0.4, -0.2) is 30.1 Å². The number of aryl methyl sites for hydroxylation is 2. The number of carbonyl (C=O) groups is 1. The van der Waals surface area contributed by atoms with Gasteiger partial charge in [0.1, 0.15) is 5.69 Å². The van der Waals surface area contributed by atoms with Gasteiger partial charge in [-0.15, -0.1) is 0 Å². The normalized spacial score (nSPS) is 18.2. The molecule has 1 atom stereocenters. The van der Waals surface area contributed by atoms with E-state index in [0.29, 0.717) is 12.3 Å². The maximum absolute atomic E-state index is 11.9. The van der Waals surface area contributed by atoms with Crippen LogP contribution in [0.1, 0.15) is 48.4 Å². The average Bonchev–Trinajstić information content (AvgIpc) is 2.45. The Bertz CT molecular complexity index is 413. The molecular formula is C15H24N2O2. The number of amides is 1. The van der Waals surface area contributed by atoms with Crippen molar-refractivity contribution in [3.63, 3.8) is 0 Å². The van der Waals surface area contributed by atoms with Gasteiger partial charge < -0.3 is 10.1 Å². The highest BCUT2D eigenvalue weighted by Gasteiger charge is 2.17. The smallest absolute Gasteiger partial charge is 0.270 e. The summed E-state index contributed by atoms with van der Waals surface area (Å²) in [6, 6.07) is 3.82. The van der Waals surface area contributed by atoms with Crippen molar-refractivity contribution in [3.05, 3.63) is 29.1 Å². The molecule has 106 valence electrons. The third-order valence-corrected chi connectivity index (χ3v) is 3.08. The fourth-order valence-electron chi connectivity index (χ4n) is 1.87. The van der Waals surface area contributed by atoms with Crippen LogP contribution in [0, 0.1) is 13.8 Å². The minimum atomic E-state index is -0.108. The van der Waals surface area contributed by atoms with E-state index in [2.05, 4.69) is 10.3 Å². The number of pyridine rings is 1. The second-order valence-corrected chi connectivity index (χ2v) is 4.49. The molecule has 1 aliphatic rings. The quantitative estimate of drug-likeness (QED) is 0.893. The average molecular weight is 264 g/mol. The zero-order valence-corrected chi connectivity index (χ0v) is 12.3. The molecule has 1 saturated heterocycles. The number of ether oxygens (including phenoxy) is 1. The van der Waals surface area contributed by atoms with E-state index in [9.17, 15) is 4.79 Å². The van der Waals surface area contributed by atoms with Crippen LogP contribution >= 0.6 is 0 Å². The van der Waals surface area contributed by atoms with E-state index in [0.717, 1.165) is 30.7 Å². The van der Waals surface area contributed by atoms with E-state index in [1.165, 1.54) is 0 Å². The van der Waals surface area contributed by atoms with Crippen LogP contribution in [0.3, 0.4) is 0 Å². The predicted molar refractivity (Wildman–Crippen MR) is 76.4 cm³/mol. The molecule has 1 amide bonds. The lowest BCUT2D eigenvalue weighted by Crippen LogP contribution is -2.40. The molecule has 1 aromatic heterocycles. The van der Waals surface area contributed by atoms with E-state index < -0.39 is 0 Å². The number of rotatable bonds is 2. The van der Waals surface area contributed by atoms with E-state index >= 15 is 0 Å². The van der Waals surface area contributed by atoms with Gasteiger partial charge in [0.05, 0.1) is 12.6 Å². The predicted octanol–water partition coefficient (Wildman–Crippen LogP) is 2.63. The molecular weight excluding hydrogens is 240 g/mol. The molecule has 2 heterocycles. The number of nitrogens with zero attached hydrogens (tertiary/aromatic N) is 1. The maximum Gasteiger partial charge on any atom is 0.270 e. The van der Waals surface area contributed by atoms with Gasteiger partial charge in [-0.2, -0.15) is 0 Å². The van der Waals surface area contributed by atoms with Crippen LogP contribution < -0.4 is 5.32 Å². The van der Waals surface area contributed by atoms with Gasteiger partial charge in [0.15, 0.2) is 0 Å². The summed E-state index contributed by atoms with van der Waals surface area (Å²) >= 11 is 0. The summed E-state index contributed by atoms with van der Waals surface area (Å²) in [5.74, 6) is -0.108. The molecule has 1 aliphatic heterocycles. The Morgan fingerprint density at radius 1 is 1.37 bits per heavy atom. The van der Waals surface area contributed by atoms with Crippen LogP contribution in [0.2, 0.25) is 0 Å². The van der Waals surface area contributed by atoms with Crippen LogP contribution in [0.15, 0.2) is 12.1 Å². The third-order valence-electron chi connectivity index (χ3n) is 3.08. The molecule has 0 aromatic carbocycles. The van der Waals surface area contributed by atoms with Gasteiger partial charge in [-0.3, -0.25) is 4.79 Å². The van der Waals surface area contributed by atoms with E-state index in [-0.39, 0.29) is 11.9 Å². The van der Waals surface area contributed by atoms with Gasteiger partial charge in [-0.25, -0.2) is 4.98 Å². The first-order valence-electron chi connectivity index (χ1n) is 6.99. The first-order valence-corrected chi connectivity index (χ1v) is 6.99. The summed E-state index contributed by atoms with van der Waals surface area (Å²) in [6.45, 7) is 9.31. The van der Waals surface area contributed by atoms with Crippen molar-refractivity contribution < 1.29 is 9.53 Å². The first kappa shape index (κ1) is 15.6. The summed E-state index contributed by atoms with van der Waals surface area (Å²) in [5.41, 5.74) is 2.48. The van der Waals surface area contributed by atoms with Gasteiger partial charge in [0.2, 0.25) is 0 Å². The minimum absolute atomic E-state index is 0.108. The molecule has 0 bridgehead atoms. The molecule has 0 radical (unpaired) electrons. The van der Waals surface area contributed by atoms with Crippen LogP contribution in [0.25, 0.3) is 0 Å². The molecule has 2 rings (SSSR count). The largest absolute Gasteiger partial charge is 0.379 e. The van der Waals surface area contributed by atoms with Crippen molar-refractivity contribution in [2.24, 2.45) is 0 Å². The molecule has 1 N–H and O–H groups in total. The monoisotopic (exact) mass is 264 g/mol. The van der Waals surface area contributed by atoms with Crippen molar-refractivity contribution in [3.8, 4) is 0 Å². The van der Waals surface area contributed by atoms with Crippen molar-refractivity contribution >= 4 is 5.91 Å². The SMILES string of the molecule is CC.Cc1ccc(C(=O)NC2CCCOC2)nc1C. The Morgan fingerprint density at radius 3 is 2.68 bits per heavy atom. The van der Waals surface area contributed by atoms with E-state index in [1.54, 1.807) is 6.07 Å². The van der Waals surface area contributed by atoms with Crippen molar-refractivity contribution in [1.82, 2.24) is 10.3 Å². The third kappa shape index (κ3) is 4.63. The van der Waals surface area contributed by atoms with Gasteiger partial charge in [-0.1, -0.05) is 19.9 Å². The Labute approximate surface area is 115 Å². The second-order valence-electron chi connectivity index (χ2n) is 4.49. The summed E-state index contributed by atoms with van der Waals surface area (Å²) in [6.07, 6.45) is 1.99. The Hall–Kier alpha value is -1.42. The minimum Gasteiger partial charge on any atom is -0.379 e. The molecule has 0 spiro atoms. The fourth-order valence-corrected chi connectivity index (χ4v) is 1.87. The summed E-state index contributed by atoms with van der Waals surface area (Å²) in [7, 11) is 0. The topological polar surface area (TPSA) is 51.2 Å². The Kier molecular flexibility index (Phi) is 6.50. The number of hydrogen-bond acceptors (Lipinski definition) is 3. The van der Waals surface area contributed by atoms with E-state index in [4.69, 9.17) is 4.74 Å². The Morgan fingerprint density at radius 2 is 2.11 bits per heavy atom. The second kappa shape index (κ2) is 7.89. The number of aromatic nitrogens is 1. The number of nitrogens with one attached hydrogen (secondary N) is 1. The van der Waals surface area contributed by atoms with Crippen molar-refractivity contribution in [2.75, 3.05) is 13.2 Å². The number of hydrogen-bond donors (Lipinski definition) is 1. The standard InChI is InChI=1S/C13H18N2O2.C2H6/c1-9-5-6-12(14-10(9)2)13(16)15-11-4-3-7-17-8-11;1-2/h5-6,11H,3-4,7-8H2,1-2H3,(H,15,16);1-2H3. The zero-order chi connectivity index (χ0) is 14.3. The molecule has 1 unspecified atom stereocenters. The van der Waals surface area contributed by atoms with Gasteiger partial charge in [0, 0.05) is 12.3 Å². The first-order chi connectivity index (χ1) is 9.16. The summed E-state index contributed by atoms with van der Waals surface area (Å²) in [5, 5.41) is 2.96. The molecule has 1 aromatic rings. The lowest BCUT2D eigenvalue weighted by atomic mass is 10.1. The molecule has 0 saturated carbocycles. The lowest BCUT2D eigenvalue weighted by Gasteiger charge is -2.22. The molecule has 19 heavy (non-hydrogen) atoms. The molecule has 4 nitrogen and oxygen atoms in total.